The van der Waals surface area contributed by atoms with E-state index in [-0.39, 0.29) is 28.8 Å². The topological polar surface area (TPSA) is 95.0 Å². The standard InChI is InChI=1S/C15H21N5O2/c1-2-3-4-15(19-20-15)5-6-17-13(22)11-8-18-12(21)7-14(11)9-16-10-14/h1,11,16H,3-10H2,(H,17,22)(H,18,21). The Balaban J connectivity index is 1.48. The molecular weight excluding hydrogens is 282 g/mol. The molecule has 0 aliphatic carbocycles. The number of carbonyl (C=O) groups excluding carboxylic acids is 2. The fraction of sp³-hybridized carbons (Fsp3) is 0.733. The molecule has 1 spiro atoms. The molecule has 1 atom stereocenters. The summed E-state index contributed by atoms with van der Waals surface area (Å²) in [4.78, 5) is 24.0. The molecule has 0 aromatic heterocycles. The molecule has 3 aliphatic heterocycles. The highest BCUT2D eigenvalue weighted by Crippen LogP contribution is 2.39. The molecule has 7 heteroatoms. The van der Waals surface area contributed by atoms with Crippen LogP contribution in [0.5, 0.6) is 0 Å². The summed E-state index contributed by atoms with van der Waals surface area (Å²) in [6, 6.07) is 0. The van der Waals surface area contributed by atoms with Crippen LogP contribution in [0.4, 0.5) is 0 Å². The molecule has 22 heavy (non-hydrogen) atoms. The predicted octanol–water partition coefficient (Wildman–Crippen LogP) is -0.206. The van der Waals surface area contributed by atoms with Crippen LogP contribution in [0.2, 0.25) is 0 Å². The van der Waals surface area contributed by atoms with Gasteiger partial charge in [-0.3, -0.25) is 9.59 Å². The van der Waals surface area contributed by atoms with Gasteiger partial charge in [0.15, 0.2) is 5.66 Å². The van der Waals surface area contributed by atoms with Crippen molar-refractivity contribution in [2.45, 2.75) is 31.3 Å². The van der Waals surface area contributed by atoms with Crippen LogP contribution in [0.3, 0.4) is 0 Å². The number of rotatable bonds is 6. The third-order valence-corrected chi connectivity index (χ3v) is 4.90. The van der Waals surface area contributed by atoms with Gasteiger partial charge in [-0.1, -0.05) is 0 Å². The highest BCUT2D eigenvalue weighted by Gasteiger charge is 2.51. The van der Waals surface area contributed by atoms with Crippen molar-refractivity contribution in [3.8, 4) is 12.3 Å². The first-order chi connectivity index (χ1) is 10.6. The minimum atomic E-state index is -0.365. The Hall–Kier alpha value is -1.94. The van der Waals surface area contributed by atoms with Gasteiger partial charge in [-0.05, 0) is 0 Å². The molecule has 3 N–H and O–H groups in total. The quantitative estimate of drug-likeness (QED) is 0.593. The summed E-state index contributed by atoms with van der Waals surface area (Å²) in [7, 11) is 0. The Morgan fingerprint density at radius 1 is 1.41 bits per heavy atom. The van der Waals surface area contributed by atoms with Crippen molar-refractivity contribution in [2.24, 2.45) is 21.6 Å². The monoisotopic (exact) mass is 303 g/mol. The number of nitrogens with one attached hydrogen (secondary N) is 3. The maximum absolute atomic E-state index is 12.4. The molecule has 2 saturated heterocycles. The lowest BCUT2D eigenvalue weighted by Gasteiger charge is -2.49. The molecule has 3 heterocycles. The fourth-order valence-corrected chi connectivity index (χ4v) is 3.30. The van der Waals surface area contributed by atoms with Gasteiger partial charge in [-0.25, -0.2) is 0 Å². The summed E-state index contributed by atoms with van der Waals surface area (Å²) in [6.07, 6.45) is 7.75. The normalized spacial score (nSPS) is 26.7. The van der Waals surface area contributed by atoms with E-state index in [1.165, 1.54) is 0 Å². The summed E-state index contributed by atoms with van der Waals surface area (Å²) in [5.74, 6) is 2.47. The van der Waals surface area contributed by atoms with Crippen LogP contribution in [-0.4, -0.2) is 43.7 Å². The number of amides is 2. The third-order valence-electron chi connectivity index (χ3n) is 4.90. The van der Waals surface area contributed by atoms with Crippen molar-refractivity contribution in [2.75, 3.05) is 26.2 Å². The first-order valence-electron chi connectivity index (χ1n) is 7.72. The second-order valence-electron chi connectivity index (χ2n) is 6.43. The first-order valence-corrected chi connectivity index (χ1v) is 7.72. The highest BCUT2D eigenvalue weighted by atomic mass is 16.2. The maximum Gasteiger partial charge on any atom is 0.225 e. The fourth-order valence-electron chi connectivity index (χ4n) is 3.30. The van der Waals surface area contributed by atoms with Crippen LogP contribution in [0.15, 0.2) is 10.2 Å². The number of terminal acetylenes is 1. The summed E-state index contributed by atoms with van der Waals surface area (Å²) in [6.45, 7) is 2.41. The van der Waals surface area contributed by atoms with Gasteiger partial charge in [-0.2, -0.15) is 10.2 Å². The smallest absolute Gasteiger partial charge is 0.225 e. The molecule has 0 radical (unpaired) electrons. The van der Waals surface area contributed by atoms with Gasteiger partial charge < -0.3 is 16.0 Å². The van der Waals surface area contributed by atoms with Crippen LogP contribution < -0.4 is 16.0 Å². The van der Waals surface area contributed by atoms with E-state index in [2.05, 4.69) is 32.1 Å². The lowest BCUT2D eigenvalue weighted by Crippen LogP contribution is -2.66. The van der Waals surface area contributed by atoms with Crippen LogP contribution in [-0.2, 0) is 9.59 Å². The molecule has 0 bridgehead atoms. The van der Waals surface area contributed by atoms with Gasteiger partial charge in [0.05, 0.1) is 5.92 Å². The van der Waals surface area contributed by atoms with Crippen LogP contribution in [0.1, 0.15) is 25.7 Å². The number of hydrogen-bond acceptors (Lipinski definition) is 5. The van der Waals surface area contributed by atoms with Crippen molar-refractivity contribution in [1.29, 1.82) is 0 Å². The van der Waals surface area contributed by atoms with E-state index < -0.39 is 0 Å². The van der Waals surface area contributed by atoms with E-state index in [1.807, 2.05) is 0 Å². The van der Waals surface area contributed by atoms with Crippen molar-refractivity contribution >= 4 is 11.8 Å². The summed E-state index contributed by atoms with van der Waals surface area (Å²) in [5.41, 5.74) is -0.571. The maximum atomic E-state index is 12.4. The number of carbonyl (C=O) groups is 2. The SMILES string of the molecule is C#CCCC1(CCNC(=O)C2CNC(=O)CC23CNC3)N=N1. The van der Waals surface area contributed by atoms with Crippen molar-refractivity contribution in [1.82, 2.24) is 16.0 Å². The zero-order chi connectivity index (χ0) is 15.6. The Morgan fingerprint density at radius 2 is 2.18 bits per heavy atom. The summed E-state index contributed by atoms with van der Waals surface area (Å²) < 4.78 is 0. The van der Waals surface area contributed by atoms with Crippen molar-refractivity contribution in [3.05, 3.63) is 0 Å². The molecule has 118 valence electrons. The van der Waals surface area contributed by atoms with Gasteiger partial charge in [0.1, 0.15) is 0 Å². The van der Waals surface area contributed by atoms with Crippen LogP contribution >= 0.6 is 0 Å². The van der Waals surface area contributed by atoms with E-state index in [0.29, 0.717) is 32.4 Å². The van der Waals surface area contributed by atoms with Gasteiger partial charge in [-0.15, -0.1) is 12.3 Å². The Morgan fingerprint density at radius 3 is 2.77 bits per heavy atom. The summed E-state index contributed by atoms with van der Waals surface area (Å²) >= 11 is 0. The number of hydrogen-bond donors (Lipinski definition) is 3. The molecule has 1 unspecified atom stereocenters. The molecule has 0 aromatic carbocycles. The first kappa shape index (κ1) is 15.0. The van der Waals surface area contributed by atoms with E-state index in [0.717, 1.165) is 19.5 Å². The zero-order valence-electron chi connectivity index (χ0n) is 12.5. The molecular formula is C15H21N5O2. The lowest BCUT2D eigenvalue weighted by molar-refractivity contribution is -0.139. The molecule has 2 amide bonds. The average Bonchev–Trinajstić information content (AvgIpc) is 3.23. The lowest BCUT2D eigenvalue weighted by atomic mass is 9.66. The summed E-state index contributed by atoms with van der Waals surface area (Å²) in [5, 5.41) is 17.1. The minimum Gasteiger partial charge on any atom is -0.356 e. The van der Waals surface area contributed by atoms with Gasteiger partial charge in [0.2, 0.25) is 11.8 Å². The predicted molar refractivity (Wildman–Crippen MR) is 79.7 cm³/mol. The largest absolute Gasteiger partial charge is 0.356 e. The van der Waals surface area contributed by atoms with Crippen LogP contribution in [0, 0.1) is 23.7 Å². The zero-order valence-corrected chi connectivity index (χ0v) is 12.5. The van der Waals surface area contributed by atoms with E-state index >= 15 is 0 Å². The third kappa shape index (κ3) is 2.83. The minimum absolute atomic E-state index is 0.00856. The average molecular weight is 303 g/mol. The van der Waals surface area contributed by atoms with E-state index in [4.69, 9.17) is 6.42 Å². The van der Waals surface area contributed by atoms with E-state index in [1.54, 1.807) is 0 Å². The molecule has 2 fully saturated rings. The Kier molecular flexibility index (Phi) is 3.87. The van der Waals surface area contributed by atoms with Crippen molar-refractivity contribution in [3.63, 3.8) is 0 Å². The van der Waals surface area contributed by atoms with Crippen LogP contribution in [0.25, 0.3) is 0 Å². The Bertz CT molecular complexity index is 541. The second kappa shape index (κ2) is 5.69. The number of nitrogens with zero attached hydrogens (tertiary/aromatic N) is 2. The molecule has 3 rings (SSSR count). The van der Waals surface area contributed by atoms with Gasteiger partial charge >= 0.3 is 0 Å². The van der Waals surface area contributed by atoms with Gasteiger partial charge in [0.25, 0.3) is 0 Å². The van der Waals surface area contributed by atoms with Crippen molar-refractivity contribution < 1.29 is 9.59 Å². The van der Waals surface area contributed by atoms with E-state index in [9.17, 15) is 9.59 Å². The molecule has 7 nitrogen and oxygen atoms in total. The molecule has 0 saturated carbocycles. The molecule has 3 aliphatic rings. The Labute approximate surface area is 129 Å². The second-order valence-corrected chi connectivity index (χ2v) is 6.43. The number of piperidine rings is 1. The highest BCUT2D eigenvalue weighted by molar-refractivity contribution is 5.85. The van der Waals surface area contributed by atoms with Gasteiger partial charge in [0, 0.05) is 57.3 Å². The molecule has 0 aromatic rings.